The van der Waals surface area contributed by atoms with E-state index in [1.54, 1.807) is 0 Å². The van der Waals surface area contributed by atoms with Crippen molar-refractivity contribution in [2.75, 3.05) is 14.2 Å². The molecule has 0 bridgehead atoms. The van der Waals surface area contributed by atoms with Crippen molar-refractivity contribution in [2.24, 2.45) is 0 Å². The molecule has 0 aliphatic heterocycles. The van der Waals surface area contributed by atoms with Crippen LogP contribution in [-0.4, -0.2) is 20.2 Å². The second kappa shape index (κ2) is 5.71. The first-order valence-electron chi connectivity index (χ1n) is 5.83. The minimum atomic E-state index is -0.424. The summed E-state index contributed by atoms with van der Waals surface area (Å²) < 4.78 is 9.78. The van der Waals surface area contributed by atoms with Crippen LogP contribution in [0.1, 0.15) is 31.9 Å². The van der Waals surface area contributed by atoms with Gasteiger partial charge in [-0.2, -0.15) is 0 Å². The molecule has 3 heteroatoms. The number of methoxy groups -OCH3 is 2. The molecule has 1 rings (SSSR count). The first-order valence-corrected chi connectivity index (χ1v) is 5.83. The number of ether oxygens (including phenoxy) is 2. The zero-order valence-electron chi connectivity index (χ0n) is 11.6. The average molecular weight is 248 g/mol. The minimum absolute atomic E-state index is 0.109. The Morgan fingerprint density at radius 3 is 2.00 bits per heavy atom. The van der Waals surface area contributed by atoms with E-state index in [1.807, 2.05) is 24.3 Å². The number of carbonyl (C=O) groups is 1. The van der Waals surface area contributed by atoms with Crippen LogP contribution in [0.25, 0.3) is 5.76 Å². The molecule has 98 valence electrons. The number of benzene rings is 1. The molecule has 0 aliphatic carbocycles. The predicted octanol–water partition coefficient (Wildman–Crippen LogP) is 3.14. The molecular weight excluding hydrogens is 228 g/mol. The summed E-state index contributed by atoms with van der Waals surface area (Å²) in [5, 5.41) is 0. The molecule has 0 aliphatic rings. The fraction of sp³-hybridized carbons (Fsp3) is 0.400. The van der Waals surface area contributed by atoms with Gasteiger partial charge in [-0.1, -0.05) is 45.0 Å². The molecule has 1 aromatic rings. The van der Waals surface area contributed by atoms with Crippen LogP contribution in [0.3, 0.4) is 0 Å². The van der Waals surface area contributed by atoms with Crippen LogP contribution in [0.5, 0.6) is 0 Å². The zero-order valence-corrected chi connectivity index (χ0v) is 11.6. The topological polar surface area (TPSA) is 35.5 Å². The Morgan fingerprint density at radius 2 is 1.61 bits per heavy atom. The van der Waals surface area contributed by atoms with Gasteiger partial charge in [0.05, 0.1) is 20.3 Å². The number of hydrogen-bond donors (Lipinski definition) is 0. The Labute approximate surface area is 108 Å². The van der Waals surface area contributed by atoms with Gasteiger partial charge in [-0.15, -0.1) is 0 Å². The van der Waals surface area contributed by atoms with Gasteiger partial charge < -0.3 is 9.47 Å². The fourth-order valence-electron chi connectivity index (χ4n) is 1.56. The molecule has 1 aromatic carbocycles. The van der Waals surface area contributed by atoms with Gasteiger partial charge in [0.25, 0.3) is 0 Å². The van der Waals surface area contributed by atoms with Crippen LogP contribution in [-0.2, 0) is 19.7 Å². The minimum Gasteiger partial charge on any atom is -0.496 e. The molecule has 0 N–H and O–H groups in total. The van der Waals surface area contributed by atoms with Crippen molar-refractivity contribution >= 4 is 11.7 Å². The fourth-order valence-corrected chi connectivity index (χ4v) is 1.56. The van der Waals surface area contributed by atoms with Gasteiger partial charge in [-0.05, 0) is 11.0 Å². The van der Waals surface area contributed by atoms with Gasteiger partial charge in [-0.3, -0.25) is 0 Å². The van der Waals surface area contributed by atoms with Crippen LogP contribution in [0.4, 0.5) is 0 Å². The molecule has 0 saturated heterocycles. The van der Waals surface area contributed by atoms with Gasteiger partial charge in [-0.25, -0.2) is 4.79 Å². The lowest BCUT2D eigenvalue weighted by Gasteiger charge is -2.19. The van der Waals surface area contributed by atoms with E-state index in [0.717, 1.165) is 5.56 Å². The Bertz CT molecular complexity index is 436. The van der Waals surface area contributed by atoms with E-state index in [4.69, 9.17) is 4.74 Å². The molecule has 18 heavy (non-hydrogen) atoms. The molecule has 3 nitrogen and oxygen atoms in total. The highest BCUT2D eigenvalue weighted by Gasteiger charge is 2.13. The number of hydrogen-bond acceptors (Lipinski definition) is 3. The molecule has 0 aromatic heterocycles. The van der Waals surface area contributed by atoms with Crippen molar-refractivity contribution in [3.05, 3.63) is 41.5 Å². The van der Waals surface area contributed by atoms with Crippen LogP contribution in [0.15, 0.2) is 30.3 Å². The SMILES string of the molecule is COC(=O)/C=C(/OC)c1ccc(C(C)(C)C)cc1. The molecule has 0 atom stereocenters. The third kappa shape index (κ3) is 3.62. The predicted molar refractivity (Wildman–Crippen MR) is 72.1 cm³/mol. The molecule has 0 amide bonds. The van der Waals surface area contributed by atoms with Gasteiger partial charge in [0.1, 0.15) is 5.76 Å². The van der Waals surface area contributed by atoms with Gasteiger partial charge >= 0.3 is 5.97 Å². The van der Waals surface area contributed by atoms with Crippen molar-refractivity contribution in [2.45, 2.75) is 26.2 Å². The lowest BCUT2D eigenvalue weighted by molar-refractivity contribution is -0.134. The van der Waals surface area contributed by atoms with Crippen molar-refractivity contribution < 1.29 is 14.3 Å². The standard InChI is InChI=1S/C15H20O3/c1-15(2,3)12-8-6-11(7-9-12)13(17-4)10-14(16)18-5/h6-10H,1-5H3/b13-10+. The molecule has 0 saturated carbocycles. The lowest BCUT2D eigenvalue weighted by Crippen LogP contribution is -2.10. The number of rotatable bonds is 3. The summed E-state index contributed by atoms with van der Waals surface area (Å²) in [6, 6.07) is 7.97. The first-order chi connectivity index (χ1) is 8.38. The zero-order chi connectivity index (χ0) is 13.8. The summed E-state index contributed by atoms with van der Waals surface area (Å²) in [5.74, 6) is 0.0778. The second-order valence-electron chi connectivity index (χ2n) is 5.06. The maximum atomic E-state index is 11.2. The Hall–Kier alpha value is -1.77. The first kappa shape index (κ1) is 14.3. The van der Waals surface area contributed by atoms with Crippen LogP contribution < -0.4 is 0 Å². The Kier molecular flexibility index (Phi) is 4.54. The van der Waals surface area contributed by atoms with Crippen LogP contribution >= 0.6 is 0 Å². The molecule has 0 unspecified atom stereocenters. The van der Waals surface area contributed by atoms with Crippen molar-refractivity contribution in [1.29, 1.82) is 0 Å². The van der Waals surface area contributed by atoms with E-state index in [2.05, 4.69) is 25.5 Å². The van der Waals surface area contributed by atoms with Crippen LogP contribution in [0, 0.1) is 0 Å². The summed E-state index contributed by atoms with van der Waals surface area (Å²) in [7, 11) is 2.88. The summed E-state index contributed by atoms with van der Waals surface area (Å²) in [5.41, 5.74) is 2.20. The normalized spacial score (nSPS) is 12.2. The van der Waals surface area contributed by atoms with Gasteiger partial charge in [0.15, 0.2) is 0 Å². The van der Waals surface area contributed by atoms with Crippen molar-refractivity contribution in [1.82, 2.24) is 0 Å². The van der Waals surface area contributed by atoms with Crippen LogP contribution in [0.2, 0.25) is 0 Å². The molecule has 0 spiro atoms. The highest BCUT2D eigenvalue weighted by molar-refractivity contribution is 5.89. The van der Waals surface area contributed by atoms with E-state index in [9.17, 15) is 4.79 Å². The average Bonchev–Trinajstić information content (AvgIpc) is 2.34. The third-order valence-corrected chi connectivity index (χ3v) is 2.71. The Morgan fingerprint density at radius 1 is 1.06 bits per heavy atom. The number of esters is 1. The number of carbonyl (C=O) groups excluding carboxylic acids is 1. The quantitative estimate of drug-likeness (QED) is 0.468. The maximum absolute atomic E-state index is 11.2. The second-order valence-corrected chi connectivity index (χ2v) is 5.06. The largest absolute Gasteiger partial charge is 0.496 e. The summed E-state index contributed by atoms with van der Waals surface area (Å²) in [4.78, 5) is 11.2. The van der Waals surface area contributed by atoms with Gasteiger partial charge in [0.2, 0.25) is 0 Å². The lowest BCUT2D eigenvalue weighted by atomic mass is 9.86. The molecule has 0 fully saturated rings. The monoisotopic (exact) mass is 248 g/mol. The van der Waals surface area contributed by atoms with Gasteiger partial charge in [0, 0.05) is 5.56 Å². The summed E-state index contributed by atoms with van der Waals surface area (Å²) in [6.07, 6.45) is 1.34. The van der Waals surface area contributed by atoms with E-state index < -0.39 is 5.97 Å². The molecule has 0 heterocycles. The van der Waals surface area contributed by atoms with Crippen molar-refractivity contribution in [3.8, 4) is 0 Å². The Balaban J connectivity index is 3.03. The highest BCUT2D eigenvalue weighted by Crippen LogP contribution is 2.24. The third-order valence-electron chi connectivity index (χ3n) is 2.71. The summed E-state index contributed by atoms with van der Waals surface area (Å²) in [6.45, 7) is 6.47. The van der Waals surface area contributed by atoms with Crippen molar-refractivity contribution in [3.63, 3.8) is 0 Å². The molecule has 0 radical (unpaired) electrons. The smallest absolute Gasteiger partial charge is 0.334 e. The van der Waals surface area contributed by atoms with E-state index in [0.29, 0.717) is 5.76 Å². The van der Waals surface area contributed by atoms with E-state index in [1.165, 1.54) is 25.9 Å². The van der Waals surface area contributed by atoms with E-state index in [-0.39, 0.29) is 5.41 Å². The highest BCUT2D eigenvalue weighted by atomic mass is 16.5. The summed E-state index contributed by atoms with van der Waals surface area (Å²) >= 11 is 0. The van der Waals surface area contributed by atoms with E-state index >= 15 is 0 Å². The molecular formula is C15H20O3. The maximum Gasteiger partial charge on any atom is 0.334 e.